The molecular weight excluding hydrogens is 790 g/mol. The highest BCUT2D eigenvalue weighted by Gasteiger charge is 2.43. The number of likely N-dealkylation sites (tertiary alicyclic amines) is 1. The van der Waals surface area contributed by atoms with Crippen LogP contribution in [0.5, 0.6) is 17.2 Å². The van der Waals surface area contributed by atoms with Gasteiger partial charge in [-0.3, -0.25) is 14.2 Å². The van der Waals surface area contributed by atoms with E-state index in [1.165, 1.54) is 15.9 Å². The van der Waals surface area contributed by atoms with Gasteiger partial charge in [-0.05, 0) is 54.7 Å². The van der Waals surface area contributed by atoms with Crippen LogP contribution in [0.1, 0.15) is 50.7 Å². The molecule has 2 saturated heterocycles. The second-order valence-electron chi connectivity index (χ2n) is 13.1. The molecule has 3 aromatic carbocycles. The zero-order valence-corrected chi connectivity index (χ0v) is 30.4. The molecule has 0 radical (unpaired) electrons. The zero-order valence-electron chi connectivity index (χ0n) is 28.8. The molecule has 0 aromatic heterocycles. The standard InChI is InChI=1S/C33H32BClF2N5O13P/c35-24-19(14-21(37)26(43)27(24)44)30(46)40-9-7-17(8-10-40)41-11-12-42(33(41)50)32(49)39-25(15-1-4-18(5-2-15)56(52,53)54)29(45)38-22-13-16-3-6-20(36)23(31(47)48)28(16)55-34(22)51/h1-6,14,17,22,25,43-44,51H,7-13H2,(H,38,45)(H,39,49)(H,47,48)(H2,52,53,54)/t22-,25?/m0/s1. The maximum atomic E-state index is 14.2. The molecule has 0 aliphatic carbocycles. The molecule has 3 heterocycles. The summed E-state index contributed by atoms with van der Waals surface area (Å²) in [5.74, 6) is -9.47. The van der Waals surface area contributed by atoms with E-state index in [1.54, 1.807) is 0 Å². The molecule has 2 fully saturated rings. The molecule has 2 atom stereocenters. The van der Waals surface area contributed by atoms with E-state index >= 15 is 0 Å². The number of piperidine rings is 1. The van der Waals surface area contributed by atoms with Gasteiger partial charge in [-0.1, -0.05) is 29.8 Å². The molecule has 0 bridgehead atoms. The van der Waals surface area contributed by atoms with Gasteiger partial charge >= 0.3 is 32.7 Å². The van der Waals surface area contributed by atoms with Crippen LogP contribution in [0.2, 0.25) is 5.02 Å². The number of imide groups is 1. The van der Waals surface area contributed by atoms with Crippen molar-refractivity contribution < 1.29 is 72.1 Å². The molecule has 3 aliphatic heterocycles. The number of aromatic carboxylic acids is 1. The lowest BCUT2D eigenvalue weighted by molar-refractivity contribution is -0.123. The summed E-state index contributed by atoms with van der Waals surface area (Å²) in [7, 11) is -6.58. The van der Waals surface area contributed by atoms with Crippen molar-refractivity contribution in [3.8, 4) is 17.2 Å². The van der Waals surface area contributed by atoms with Gasteiger partial charge in [0.2, 0.25) is 5.91 Å². The van der Waals surface area contributed by atoms with Crippen LogP contribution in [0.15, 0.2) is 42.5 Å². The summed E-state index contributed by atoms with van der Waals surface area (Å²) in [4.78, 5) is 88.4. The van der Waals surface area contributed by atoms with Crippen LogP contribution in [0.3, 0.4) is 0 Å². The Labute approximate surface area is 320 Å². The average Bonchev–Trinajstić information content (AvgIpc) is 3.55. The minimum absolute atomic E-state index is 0.0115. The summed E-state index contributed by atoms with van der Waals surface area (Å²) in [6, 6.07) is 3.37. The molecule has 6 rings (SSSR count). The molecule has 0 saturated carbocycles. The van der Waals surface area contributed by atoms with Gasteiger partial charge in [-0.2, -0.15) is 0 Å². The highest BCUT2D eigenvalue weighted by Crippen LogP contribution is 2.39. The number of fused-ring (bicyclic) bond motifs is 1. The number of urea groups is 2. The number of phenolic OH excluding ortho intramolecular Hbond substituents is 2. The lowest BCUT2D eigenvalue weighted by Gasteiger charge is -2.36. The Morgan fingerprint density at radius 3 is 2.25 bits per heavy atom. The Bertz CT molecular complexity index is 2170. The van der Waals surface area contributed by atoms with Crippen molar-refractivity contribution in [1.29, 1.82) is 0 Å². The zero-order chi connectivity index (χ0) is 40.8. The van der Waals surface area contributed by atoms with E-state index in [-0.39, 0.29) is 62.1 Å². The van der Waals surface area contributed by atoms with Gasteiger partial charge in [0, 0.05) is 32.2 Å². The molecule has 0 spiro atoms. The van der Waals surface area contributed by atoms with E-state index < -0.39 is 107 Å². The minimum atomic E-state index is -4.71. The largest absolute Gasteiger partial charge is 0.547 e. The number of hydrogen-bond acceptors (Lipinski definition) is 10. The van der Waals surface area contributed by atoms with Crippen molar-refractivity contribution in [1.82, 2.24) is 25.3 Å². The number of carbonyl (C=O) groups excluding carboxylic acids is 4. The van der Waals surface area contributed by atoms with Crippen LogP contribution in [0, 0.1) is 11.6 Å². The van der Waals surface area contributed by atoms with Crippen molar-refractivity contribution in [3.05, 3.63) is 81.4 Å². The van der Waals surface area contributed by atoms with E-state index in [0.29, 0.717) is 6.07 Å². The Kier molecular flexibility index (Phi) is 11.2. The number of benzene rings is 3. The van der Waals surface area contributed by atoms with Gasteiger partial charge in [-0.25, -0.2) is 28.1 Å². The number of amides is 6. The summed E-state index contributed by atoms with van der Waals surface area (Å²) in [6.45, 7) is 0.121. The third-order valence-electron chi connectivity index (χ3n) is 9.72. The summed E-state index contributed by atoms with van der Waals surface area (Å²) in [6.07, 6.45) is 0.249. The first-order valence-electron chi connectivity index (χ1n) is 16.8. The number of halogens is 3. The van der Waals surface area contributed by atoms with Crippen molar-refractivity contribution >= 4 is 61.5 Å². The van der Waals surface area contributed by atoms with E-state index in [0.717, 1.165) is 35.2 Å². The first kappa shape index (κ1) is 40.2. The number of hydrogen-bond donors (Lipinski definition) is 8. The fraction of sp³-hybridized carbons (Fsp3) is 0.303. The number of carboxylic acids is 1. The highest BCUT2D eigenvalue weighted by atomic mass is 35.5. The third kappa shape index (κ3) is 7.81. The number of aromatic hydroxyl groups is 2. The maximum Gasteiger partial charge on any atom is 0.547 e. The third-order valence-corrected chi connectivity index (χ3v) is 11.1. The topological polar surface area (TPSA) is 267 Å². The highest BCUT2D eigenvalue weighted by molar-refractivity contribution is 7.60. The second kappa shape index (κ2) is 15.6. The first-order valence-corrected chi connectivity index (χ1v) is 18.8. The number of nitrogens with zero attached hydrogens (tertiary/aromatic N) is 3. The first-order chi connectivity index (χ1) is 26.4. The van der Waals surface area contributed by atoms with Crippen molar-refractivity contribution in [2.75, 3.05) is 26.2 Å². The van der Waals surface area contributed by atoms with Crippen LogP contribution in [0.25, 0.3) is 0 Å². The van der Waals surface area contributed by atoms with Gasteiger partial charge in [0.25, 0.3) is 5.91 Å². The number of carboxylic acid groups (broad SMARTS) is 1. The molecule has 8 N–H and O–H groups in total. The van der Waals surface area contributed by atoms with Crippen LogP contribution < -0.4 is 20.6 Å². The summed E-state index contributed by atoms with van der Waals surface area (Å²) in [5, 5.41) is 43.6. The quantitative estimate of drug-likeness (QED) is 0.0910. The van der Waals surface area contributed by atoms with Gasteiger partial charge in [0.1, 0.15) is 23.2 Å². The lowest BCUT2D eigenvalue weighted by Crippen LogP contribution is -2.56. The Morgan fingerprint density at radius 1 is 0.964 bits per heavy atom. The molecule has 56 heavy (non-hydrogen) atoms. The fourth-order valence-corrected chi connectivity index (χ4v) is 7.54. The van der Waals surface area contributed by atoms with Gasteiger partial charge in [0.05, 0.1) is 21.8 Å². The molecule has 18 nitrogen and oxygen atoms in total. The minimum Gasteiger partial charge on any atom is -0.534 e. The van der Waals surface area contributed by atoms with Gasteiger partial charge in [-0.15, -0.1) is 0 Å². The molecule has 3 aliphatic rings. The van der Waals surface area contributed by atoms with Crippen LogP contribution in [-0.2, 0) is 15.8 Å². The Hall–Kier alpha value is -5.47. The molecule has 296 valence electrons. The molecule has 6 amide bonds. The van der Waals surface area contributed by atoms with Crippen molar-refractivity contribution in [3.63, 3.8) is 0 Å². The molecule has 1 unspecified atom stereocenters. The second-order valence-corrected chi connectivity index (χ2v) is 15.1. The van der Waals surface area contributed by atoms with E-state index in [9.17, 15) is 67.4 Å². The number of carbonyl (C=O) groups is 5. The molecular formula is C33H32BClF2N5O13P. The Morgan fingerprint density at radius 2 is 1.62 bits per heavy atom. The van der Waals surface area contributed by atoms with E-state index in [1.807, 2.05) is 0 Å². The van der Waals surface area contributed by atoms with Gasteiger partial charge in [0.15, 0.2) is 17.3 Å². The molecule has 23 heteroatoms. The lowest BCUT2D eigenvalue weighted by atomic mass is 9.72. The normalized spacial score (nSPS) is 18.0. The number of phenols is 2. The predicted molar refractivity (Wildman–Crippen MR) is 189 cm³/mol. The Balaban J connectivity index is 1.15. The smallest absolute Gasteiger partial charge is 0.534 e. The van der Waals surface area contributed by atoms with Crippen molar-refractivity contribution in [2.45, 2.75) is 37.3 Å². The molecule has 3 aromatic rings. The van der Waals surface area contributed by atoms with Crippen LogP contribution in [-0.4, -0.2) is 120 Å². The monoisotopic (exact) mass is 821 g/mol. The fourth-order valence-electron chi connectivity index (χ4n) is 6.78. The predicted octanol–water partition coefficient (Wildman–Crippen LogP) is 1.46. The maximum absolute atomic E-state index is 14.2. The van der Waals surface area contributed by atoms with Gasteiger partial charge < -0.3 is 55.2 Å². The summed E-state index contributed by atoms with van der Waals surface area (Å²) < 4.78 is 45.4. The van der Waals surface area contributed by atoms with E-state index in [2.05, 4.69) is 10.6 Å². The van der Waals surface area contributed by atoms with Crippen molar-refractivity contribution in [2.24, 2.45) is 0 Å². The summed E-state index contributed by atoms with van der Waals surface area (Å²) >= 11 is 5.97. The van der Waals surface area contributed by atoms with Crippen LogP contribution in [0.4, 0.5) is 18.4 Å². The van der Waals surface area contributed by atoms with Crippen LogP contribution >= 0.6 is 19.2 Å². The van der Waals surface area contributed by atoms with E-state index in [4.69, 9.17) is 16.3 Å². The number of rotatable bonds is 8. The average molecular weight is 822 g/mol. The SMILES string of the molecule is O=C(O)c1c(F)ccc2c1OB(O)[C@@H](NC(=O)C(NC(=O)N1CCN(C3CCN(C(=O)c4cc(F)c(O)c(O)c4Cl)CC3)C1=O)c1ccc(P(=O)(O)O)cc1)C2. The number of nitrogens with one attached hydrogen (secondary N) is 2. The summed E-state index contributed by atoms with van der Waals surface area (Å²) in [5.41, 5.74) is -1.04.